The van der Waals surface area contributed by atoms with Gasteiger partial charge >= 0.3 is 0 Å². The third kappa shape index (κ3) is 6.60. The minimum atomic E-state index is 0. The van der Waals surface area contributed by atoms with Crippen molar-refractivity contribution in [1.82, 2.24) is 25.2 Å². The molecule has 2 heterocycles. The number of halogens is 1. The summed E-state index contributed by atoms with van der Waals surface area (Å²) in [6.45, 7) is 5.38. The molecular weight excluding hydrogens is 479 g/mol. The zero-order valence-electron chi connectivity index (χ0n) is 16.3. The highest BCUT2D eigenvalue weighted by Crippen LogP contribution is 2.17. The number of aromatic nitrogens is 3. The molecule has 1 aromatic carbocycles. The van der Waals surface area contributed by atoms with Gasteiger partial charge in [0.25, 0.3) is 0 Å². The van der Waals surface area contributed by atoms with E-state index in [-0.39, 0.29) is 24.0 Å². The molecule has 0 amide bonds. The molecule has 0 fully saturated rings. The zero-order chi connectivity index (χ0) is 19.6. The molecule has 0 atom stereocenters. The number of pyridine rings is 1. The number of nitrogens with zero attached hydrogens (tertiary/aromatic N) is 4. The van der Waals surface area contributed by atoms with Crippen molar-refractivity contribution in [3.8, 4) is 11.6 Å². The first kappa shape index (κ1) is 22.4. The summed E-state index contributed by atoms with van der Waals surface area (Å²) in [6, 6.07) is 11.9. The first-order chi connectivity index (χ1) is 13.8. The van der Waals surface area contributed by atoms with Crippen molar-refractivity contribution < 1.29 is 4.74 Å². The van der Waals surface area contributed by atoms with Gasteiger partial charge < -0.3 is 15.4 Å². The Bertz CT molecular complexity index is 909. The van der Waals surface area contributed by atoms with Crippen LogP contribution < -0.4 is 15.4 Å². The Balaban J connectivity index is 0.00000300. The maximum Gasteiger partial charge on any atom is 0.191 e. The van der Waals surface area contributed by atoms with Crippen molar-refractivity contribution in [3.05, 3.63) is 85.1 Å². The van der Waals surface area contributed by atoms with Gasteiger partial charge in [-0.2, -0.15) is 0 Å². The predicted molar refractivity (Wildman–Crippen MR) is 126 cm³/mol. The molecule has 152 valence electrons. The van der Waals surface area contributed by atoms with Gasteiger partial charge in [-0.15, -0.1) is 24.0 Å². The fourth-order valence-corrected chi connectivity index (χ4v) is 2.59. The SMILES string of the molecule is C=CCOc1ccccc1CNC(=NC)NCc1ccc(-n2ccnc2)nc1.I. The lowest BCUT2D eigenvalue weighted by Gasteiger charge is -2.14. The molecule has 8 heteroatoms. The molecule has 0 saturated heterocycles. The molecule has 3 rings (SSSR count). The second-order valence-corrected chi connectivity index (χ2v) is 5.98. The van der Waals surface area contributed by atoms with Crippen molar-refractivity contribution >= 4 is 29.9 Å². The minimum absolute atomic E-state index is 0. The van der Waals surface area contributed by atoms with Gasteiger partial charge in [0.2, 0.25) is 0 Å². The van der Waals surface area contributed by atoms with Crippen LogP contribution in [-0.4, -0.2) is 34.1 Å². The van der Waals surface area contributed by atoms with E-state index in [0.717, 1.165) is 22.7 Å². The molecule has 3 aromatic rings. The van der Waals surface area contributed by atoms with Crippen LogP contribution in [0.5, 0.6) is 5.75 Å². The molecule has 2 aromatic heterocycles. The van der Waals surface area contributed by atoms with E-state index in [1.807, 2.05) is 53.4 Å². The standard InChI is InChI=1S/C21H24N6O.HI/c1-3-12-28-19-7-5-4-6-18(19)15-26-21(22-2)25-14-17-8-9-20(24-13-17)27-11-10-23-16-27;/h3-11,13,16H,1,12,14-15H2,2H3,(H2,22,25,26);1H. The zero-order valence-corrected chi connectivity index (χ0v) is 18.6. The maximum atomic E-state index is 5.69. The monoisotopic (exact) mass is 504 g/mol. The minimum Gasteiger partial charge on any atom is -0.489 e. The van der Waals surface area contributed by atoms with E-state index in [2.05, 4.69) is 32.2 Å². The van der Waals surface area contributed by atoms with E-state index >= 15 is 0 Å². The van der Waals surface area contributed by atoms with Crippen molar-refractivity contribution in [3.63, 3.8) is 0 Å². The van der Waals surface area contributed by atoms with Crippen LogP contribution in [0.25, 0.3) is 5.82 Å². The summed E-state index contributed by atoms with van der Waals surface area (Å²) >= 11 is 0. The van der Waals surface area contributed by atoms with Crippen molar-refractivity contribution in [2.45, 2.75) is 13.1 Å². The summed E-state index contributed by atoms with van der Waals surface area (Å²) in [5, 5.41) is 6.60. The number of hydrogen-bond acceptors (Lipinski definition) is 4. The van der Waals surface area contributed by atoms with E-state index < -0.39 is 0 Å². The number of para-hydroxylation sites is 1. The topological polar surface area (TPSA) is 76.4 Å². The second kappa shape index (κ2) is 11.8. The lowest BCUT2D eigenvalue weighted by atomic mass is 10.2. The molecule has 2 N–H and O–H groups in total. The smallest absolute Gasteiger partial charge is 0.191 e. The normalized spacial score (nSPS) is 10.7. The van der Waals surface area contributed by atoms with Gasteiger partial charge in [0.1, 0.15) is 24.5 Å². The van der Waals surface area contributed by atoms with Gasteiger partial charge in [-0.1, -0.05) is 36.9 Å². The first-order valence-corrected chi connectivity index (χ1v) is 8.99. The van der Waals surface area contributed by atoms with Gasteiger partial charge in [-0.25, -0.2) is 9.97 Å². The number of guanidine groups is 1. The van der Waals surface area contributed by atoms with Gasteiger partial charge in [-0.3, -0.25) is 9.56 Å². The van der Waals surface area contributed by atoms with E-state index in [1.54, 1.807) is 25.6 Å². The van der Waals surface area contributed by atoms with Gasteiger partial charge in [0.15, 0.2) is 5.96 Å². The van der Waals surface area contributed by atoms with Crippen LogP contribution in [0.3, 0.4) is 0 Å². The van der Waals surface area contributed by atoms with Crippen LogP contribution in [0, 0.1) is 0 Å². The van der Waals surface area contributed by atoms with Gasteiger partial charge in [0.05, 0.1) is 0 Å². The first-order valence-electron chi connectivity index (χ1n) is 8.99. The van der Waals surface area contributed by atoms with Crippen molar-refractivity contribution in [2.24, 2.45) is 4.99 Å². The third-order valence-corrected chi connectivity index (χ3v) is 4.04. The Hall–Kier alpha value is -2.88. The van der Waals surface area contributed by atoms with E-state index in [0.29, 0.717) is 25.7 Å². The van der Waals surface area contributed by atoms with Crippen molar-refractivity contribution in [2.75, 3.05) is 13.7 Å². The number of nitrogens with one attached hydrogen (secondary N) is 2. The molecule has 0 saturated carbocycles. The van der Waals surface area contributed by atoms with E-state index in [1.165, 1.54) is 0 Å². The fourth-order valence-electron chi connectivity index (χ4n) is 2.59. The summed E-state index contributed by atoms with van der Waals surface area (Å²) < 4.78 is 7.55. The highest BCUT2D eigenvalue weighted by atomic mass is 127. The van der Waals surface area contributed by atoms with E-state index in [4.69, 9.17) is 4.74 Å². The Morgan fingerprint density at radius 3 is 2.72 bits per heavy atom. The molecule has 29 heavy (non-hydrogen) atoms. The number of hydrogen-bond donors (Lipinski definition) is 2. The summed E-state index contributed by atoms with van der Waals surface area (Å²) in [4.78, 5) is 12.8. The Morgan fingerprint density at radius 2 is 2.03 bits per heavy atom. The van der Waals surface area contributed by atoms with Crippen LogP contribution in [0.4, 0.5) is 0 Å². The molecule has 0 spiro atoms. The number of benzene rings is 1. The number of aliphatic imine (C=N–C) groups is 1. The number of imidazole rings is 1. The number of rotatable bonds is 8. The largest absolute Gasteiger partial charge is 0.489 e. The Morgan fingerprint density at radius 1 is 1.21 bits per heavy atom. The summed E-state index contributed by atoms with van der Waals surface area (Å²) in [5.41, 5.74) is 2.11. The summed E-state index contributed by atoms with van der Waals surface area (Å²) in [5.74, 6) is 2.38. The quantitative estimate of drug-likeness (QED) is 0.213. The molecular formula is C21H25IN6O. The molecule has 0 aliphatic heterocycles. The van der Waals surface area contributed by atoms with Crippen LogP contribution in [0.2, 0.25) is 0 Å². The average molecular weight is 504 g/mol. The number of ether oxygens (including phenoxy) is 1. The highest BCUT2D eigenvalue weighted by Gasteiger charge is 2.05. The summed E-state index contributed by atoms with van der Waals surface area (Å²) in [6.07, 6.45) is 8.89. The van der Waals surface area contributed by atoms with Crippen LogP contribution in [-0.2, 0) is 13.1 Å². The van der Waals surface area contributed by atoms with Crippen molar-refractivity contribution in [1.29, 1.82) is 0 Å². The molecule has 0 aliphatic carbocycles. The Kier molecular flexibility index (Phi) is 9.16. The van der Waals surface area contributed by atoms with Crippen LogP contribution in [0.15, 0.2) is 79.0 Å². The van der Waals surface area contributed by atoms with Crippen LogP contribution in [0.1, 0.15) is 11.1 Å². The fraction of sp³-hybridized carbons (Fsp3) is 0.190. The summed E-state index contributed by atoms with van der Waals surface area (Å²) in [7, 11) is 1.75. The molecule has 0 radical (unpaired) electrons. The molecule has 0 unspecified atom stereocenters. The predicted octanol–water partition coefficient (Wildman–Crippen LogP) is 3.32. The van der Waals surface area contributed by atoms with E-state index in [9.17, 15) is 0 Å². The Labute approximate surface area is 188 Å². The molecule has 7 nitrogen and oxygen atoms in total. The lowest BCUT2D eigenvalue weighted by molar-refractivity contribution is 0.358. The second-order valence-electron chi connectivity index (χ2n) is 5.98. The average Bonchev–Trinajstić information content (AvgIpc) is 3.28. The van der Waals surface area contributed by atoms with Crippen LogP contribution >= 0.6 is 24.0 Å². The molecule has 0 aliphatic rings. The van der Waals surface area contributed by atoms with Gasteiger partial charge in [-0.05, 0) is 17.7 Å². The third-order valence-electron chi connectivity index (χ3n) is 4.04. The lowest BCUT2D eigenvalue weighted by Crippen LogP contribution is -2.36. The molecule has 0 bridgehead atoms. The maximum absolute atomic E-state index is 5.69. The van der Waals surface area contributed by atoms with Gasteiger partial charge in [0, 0.05) is 44.3 Å². The highest BCUT2D eigenvalue weighted by molar-refractivity contribution is 14.0.